The van der Waals surface area contributed by atoms with Crippen LogP contribution in [-0.2, 0) is 9.53 Å². The normalized spacial score (nSPS) is 21.3. The van der Waals surface area contributed by atoms with Gasteiger partial charge in [0.1, 0.15) is 17.2 Å². The molecular weight excluding hydrogens is 300 g/mol. The van der Waals surface area contributed by atoms with Crippen molar-refractivity contribution in [1.82, 2.24) is 15.3 Å². The molecule has 3 rings (SSSR count). The van der Waals surface area contributed by atoms with Gasteiger partial charge in [-0.1, -0.05) is 11.8 Å². The molecule has 6 nitrogen and oxygen atoms in total. The molecule has 0 saturated carbocycles. The summed E-state index contributed by atoms with van der Waals surface area (Å²) in [7, 11) is 0. The third kappa shape index (κ3) is 4.33. The first kappa shape index (κ1) is 15.6. The Morgan fingerprint density at radius 3 is 3.00 bits per heavy atom. The molecule has 1 amide bonds. The lowest BCUT2D eigenvalue weighted by Gasteiger charge is -2.16. The van der Waals surface area contributed by atoms with E-state index in [1.54, 1.807) is 6.33 Å². The third-order valence-electron chi connectivity index (χ3n) is 3.96. The highest BCUT2D eigenvalue weighted by atomic mass is 32.2. The van der Waals surface area contributed by atoms with Gasteiger partial charge in [0.05, 0.1) is 11.9 Å². The van der Waals surface area contributed by atoms with Crippen LogP contribution in [0, 0.1) is 0 Å². The Kier molecular flexibility index (Phi) is 5.50. The summed E-state index contributed by atoms with van der Waals surface area (Å²) in [6.45, 7) is 3.55. The van der Waals surface area contributed by atoms with Crippen LogP contribution in [-0.4, -0.2) is 54.0 Å². The van der Waals surface area contributed by atoms with Crippen molar-refractivity contribution in [2.24, 2.45) is 0 Å². The number of carbonyl (C=O) groups is 1. The molecule has 1 aromatic rings. The van der Waals surface area contributed by atoms with Crippen molar-refractivity contribution in [1.29, 1.82) is 0 Å². The summed E-state index contributed by atoms with van der Waals surface area (Å²) in [4.78, 5) is 22.7. The van der Waals surface area contributed by atoms with Crippen LogP contribution in [0.25, 0.3) is 0 Å². The Balaban J connectivity index is 1.44. The highest BCUT2D eigenvalue weighted by Gasteiger charge is 2.17. The first-order chi connectivity index (χ1) is 10.8. The lowest BCUT2D eigenvalue weighted by atomic mass is 10.2. The maximum atomic E-state index is 11.9. The topological polar surface area (TPSA) is 67.4 Å². The van der Waals surface area contributed by atoms with Gasteiger partial charge < -0.3 is 15.0 Å². The van der Waals surface area contributed by atoms with Gasteiger partial charge in [0, 0.05) is 32.3 Å². The largest absolute Gasteiger partial charge is 0.376 e. The average Bonchev–Trinajstić information content (AvgIpc) is 3.24. The lowest BCUT2D eigenvalue weighted by Crippen LogP contribution is -2.32. The third-order valence-corrected chi connectivity index (χ3v) is 4.89. The molecule has 0 radical (unpaired) electrons. The van der Waals surface area contributed by atoms with E-state index in [0.29, 0.717) is 12.3 Å². The maximum Gasteiger partial charge on any atom is 0.230 e. The Morgan fingerprint density at radius 1 is 1.36 bits per heavy atom. The van der Waals surface area contributed by atoms with Crippen LogP contribution in [0.1, 0.15) is 25.7 Å². The Labute approximate surface area is 135 Å². The molecule has 120 valence electrons. The van der Waals surface area contributed by atoms with E-state index in [2.05, 4.69) is 20.2 Å². The summed E-state index contributed by atoms with van der Waals surface area (Å²) in [6, 6.07) is 1.98. The molecule has 7 heteroatoms. The van der Waals surface area contributed by atoms with Gasteiger partial charge in [0.25, 0.3) is 0 Å². The van der Waals surface area contributed by atoms with Gasteiger partial charge in [-0.2, -0.15) is 0 Å². The number of ether oxygens (including phenoxy) is 1. The monoisotopic (exact) mass is 322 g/mol. The molecule has 1 N–H and O–H groups in total. The molecule has 2 saturated heterocycles. The van der Waals surface area contributed by atoms with Gasteiger partial charge in [-0.3, -0.25) is 4.79 Å². The summed E-state index contributed by atoms with van der Waals surface area (Å²) in [5.74, 6) is 1.37. The smallest absolute Gasteiger partial charge is 0.230 e. The van der Waals surface area contributed by atoms with Gasteiger partial charge in [-0.15, -0.1) is 0 Å². The summed E-state index contributed by atoms with van der Waals surface area (Å²) in [6.07, 6.45) is 6.35. The zero-order valence-corrected chi connectivity index (χ0v) is 13.5. The summed E-state index contributed by atoms with van der Waals surface area (Å²) in [5.41, 5.74) is 0. The van der Waals surface area contributed by atoms with Crippen LogP contribution in [0.5, 0.6) is 0 Å². The van der Waals surface area contributed by atoms with Crippen molar-refractivity contribution in [3.63, 3.8) is 0 Å². The number of thioether (sulfide) groups is 1. The van der Waals surface area contributed by atoms with Crippen LogP contribution in [0.15, 0.2) is 17.4 Å². The SMILES string of the molecule is O=C(CSc1cc(N2CCCC2)ncn1)NCC1CCCO1. The van der Waals surface area contributed by atoms with Gasteiger partial charge >= 0.3 is 0 Å². The van der Waals surface area contributed by atoms with Gasteiger partial charge in [-0.05, 0) is 25.7 Å². The zero-order chi connectivity index (χ0) is 15.2. The number of amides is 1. The minimum Gasteiger partial charge on any atom is -0.376 e. The fourth-order valence-electron chi connectivity index (χ4n) is 2.75. The van der Waals surface area contributed by atoms with Crippen LogP contribution in [0.3, 0.4) is 0 Å². The molecule has 2 aliphatic heterocycles. The molecule has 22 heavy (non-hydrogen) atoms. The second-order valence-electron chi connectivity index (χ2n) is 5.64. The molecule has 0 aliphatic carbocycles. The van der Waals surface area contributed by atoms with Crippen molar-refractivity contribution < 1.29 is 9.53 Å². The van der Waals surface area contributed by atoms with Crippen molar-refractivity contribution in [3.8, 4) is 0 Å². The Morgan fingerprint density at radius 2 is 2.23 bits per heavy atom. The summed E-state index contributed by atoms with van der Waals surface area (Å²) >= 11 is 1.45. The van der Waals surface area contributed by atoms with Gasteiger partial charge in [0.15, 0.2) is 0 Å². The van der Waals surface area contributed by atoms with Crippen molar-refractivity contribution in [3.05, 3.63) is 12.4 Å². The van der Waals surface area contributed by atoms with Crippen molar-refractivity contribution in [2.45, 2.75) is 36.8 Å². The molecule has 0 bridgehead atoms. The molecule has 1 atom stereocenters. The first-order valence-corrected chi connectivity index (χ1v) is 8.88. The van der Waals surface area contributed by atoms with E-state index < -0.39 is 0 Å². The minimum atomic E-state index is 0.0295. The number of rotatable bonds is 6. The number of carbonyl (C=O) groups excluding carboxylic acids is 1. The van der Waals surface area contributed by atoms with E-state index in [1.165, 1.54) is 24.6 Å². The van der Waals surface area contributed by atoms with Crippen LogP contribution >= 0.6 is 11.8 Å². The maximum absolute atomic E-state index is 11.9. The quantitative estimate of drug-likeness (QED) is 0.632. The van der Waals surface area contributed by atoms with Crippen LogP contribution < -0.4 is 10.2 Å². The average molecular weight is 322 g/mol. The number of aromatic nitrogens is 2. The Hall–Kier alpha value is -1.34. The predicted octanol–water partition coefficient (Wildman–Crippen LogP) is 1.46. The highest BCUT2D eigenvalue weighted by molar-refractivity contribution is 7.99. The van der Waals surface area contributed by atoms with E-state index in [-0.39, 0.29) is 12.0 Å². The minimum absolute atomic E-state index is 0.0295. The number of nitrogens with zero attached hydrogens (tertiary/aromatic N) is 3. The second-order valence-corrected chi connectivity index (χ2v) is 6.63. The molecule has 0 spiro atoms. The molecule has 2 fully saturated rings. The van der Waals surface area contributed by atoms with E-state index in [0.717, 1.165) is 43.4 Å². The molecule has 1 unspecified atom stereocenters. The highest BCUT2D eigenvalue weighted by Crippen LogP contribution is 2.22. The van der Waals surface area contributed by atoms with Gasteiger partial charge in [-0.25, -0.2) is 9.97 Å². The summed E-state index contributed by atoms with van der Waals surface area (Å²) < 4.78 is 5.49. The molecule has 2 aliphatic rings. The standard InChI is InChI=1S/C15H22N4O2S/c20-14(16-9-12-4-3-7-21-12)10-22-15-8-13(17-11-18-15)19-5-1-2-6-19/h8,11-12H,1-7,9-10H2,(H,16,20). The fourth-order valence-corrected chi connectivity index (χ4v) is 3.44. The first-order valence-electron chi connectivity index (χ1n) is 7.89. The second kappa shape index (κ2) is 7.78. The van der Waals surface area contributed by atoms with Crippen molar-refractivity contribution in [2.75, 3.05) is 36.9 Å². The van der Waals surface area contributed by atoms with E-state index in [1.807, 2.05) is 6.07 Å². The fraction of sp³-hybridized carbons (Fsp3) is 0.667. The number of hydrogen-bond donors (Lipinski definition) is 1. The number of hydrogen-bond acceptors (Lipinski definition) is 6. The molecule has 3 heterocycles. The number of nitrogens with one attached hydrogen (secondary N) is 1. The van der Waals surface area contributed by atoms with E-state index in [4.69, 9.17) is 4.74 Å². The van der Waals surface area contributed by atoms with Crippen LogP contribution in [0.4, 0.5) is 5.82 Å². The van der Waals surface area contributed by atoms with E-state index in [9.17, 15) is 4.79 Å². The van der Waals surface area contributed by atoms with Crippen LogP contribution in [0.2, 0.25) is 0 Å². The Bertz CT molecular complexity index is 502. The zero-order valence-electron chi connectivity index (χ0n) is 12.7. The molecular formula is C15H22N4O2S. The van der Waals surface area contributed by atoms with Crippen molar-refractivity contribution >= 4 is 23.5 Å². The molecule has 0 aromatic carbocycles. The lowest BCUT2D eigenvalue weighted by molar-refractivity contribution is -0.119. The number of anilines is 1. The summed E-state index contributed by atoms with van der Waals surface area (Å²) in [5, 5.41) is 3.78. The van der Waals surface area contributed by atoms with E-state index >= 15 is 0 Å². The predicted molar refractivity (Wildman–Crippen MR) is 86.2 cm³/mol. The van der Waals surface area contributed by atoms with Gasteiger partial charge in [0.2, 0.25) is 5.91 Å². The molecule has 1 aromatic heterocycles.